The average molecular weight is 336 g/mol. The topological polar surface area (TPSA) is 43.7 Å². The number of hydrogen-bond donors (Lipinski definition) is 0. The molecule has 1 aromatic heterocycles. The van der Waals surface area contributed by atoms with Gasteiger partial charge < -0.3 is 18.9 Å². The summed E-state index contributed by atoms with van der Waals surface area (Å²) in [6.07, 6.45) is 1.98. The van der Waals surface area contributed by atoms with E-state index in [9.17, 15) is 13.6 Å². The molecule has 2 heterocycles. The Bertz CT molecular complexity index is 745. The molecule has 1 aliphatic rings. The van der Waals surface area contributed by atoms with Gasteiger partial charge in [-0.05, 0) is 37.3 Å². The van der Waals surface area contributed by atoms with Gasteiger partial charge in [-0.15, -0.1) is 0 Å². The largest absolute Gasteiger partial charge is 0.493 e. The molecule has 1 unspecified atom stereocenters. The summed E-state index contributed by atoms with van der Waals surface area (Å²) in [6, 6.07) is 8.14. The van der Waals surface area contributed by atoms with Gasteiger partial charge in [-0.1, -0.05) is 0 Å². The first-order valence-corrected chi connectivity index (χ1v) is 7.60. The van der Waals surface area contributed by atoms with Crippen molar-refractivity contribution in [2.24, 2.45) is 0 Å². The van der Waals surface area contributed by atoms with Crippen LogP contribution in [0.25, 0.3) is 0 Å². The fourth-order valence-electron chi connectivity index (χ4n) is 3.02. The van der Waals surface area contributed by atoms with E-state index in [1.165, 1.54) is 19.2 Å². The van der Waals surface area contributed by atoms with E-state index < -0.39 is 6.61 Å². The maximum atomic E-state index is 12.8. The van der Waals surface area contributed by atoms with E-state index in [1.54, 1.807) is 11.0 Å². The van der Waals surface area contributed by atoms with Gasteiger partial charge in [-0.3, -0.25) is 4.79 Å². The molecule has 7 heteroatoms. The van der Waals surface area contributed by atoms with Gasteiger partial charge in [0.1, 0.15) is 0 Å². The van der Waals surface area contributed by atoms with Crippen LogP contribution in [0, 0.1) is 0 Å². The number of aromatic nitrogens is 1. The van der Waals surface area contributed by atoms with Crippen molar-refractivity contribution in [3.63, 3.8) is 0 Å². The zero-order valence-corrected chi connectivity index (χ0v) is 13.4. The van der Waals surface area contributed by atoms with Crippen LogP contribution in [0.4, 0.5) is 8.78 Å². The van der Waals surface area contributed by atoms with Gasteiger partial charge >= 0.3 is 6.61 Å². The number of amides is 1. The van der Waals surface area contributed by atoms with E-state index >= 15 is 0 Å². The van der Waals surface area contributed by atoms with Crippen LogP contribution in [0.15, 0.2) is 36.5 Å². The Hall–Kier alpha value is -2.57. The van der Waals surface area contributed by atoms with Crippen LogP contribution in [0.5, 0.6) is 11.5 Å². The van der Waals surface area contributed by atoms with Crippen molar-refractivity contribution < 1.29 is 23.0 Å². The molecule has 1 amide bonds. The third-order valence-electron chi connectivity index (χ3n) is 4.23. The molecule has 0 N–H and O–H groups in total. The third kappa shape index (κ3) is 2.93. The van der Waals surface area contributed by atoms with Gasteiger partial charge in [0.2, 0.25) is 0 Å². The summed E-state index contributed by atoms with van der Waals surface area (Å²) in [5.74, 6) is -0.212. The minimum absolute atomic E-state index is 0.0946. The number of rotatable bonds is 4. The second-order valence-corrected chi connectivity index (χ2v) is 5.55. The number of benzene rings is 1. The quantitative estimate of drug-likeness (QED) is 0.860. The molecule has 0 saturated heterocycles. The number of carbonyl (C=O) groups is 1. The molecule has 1 aromatic carbocycles. The number of methoxy groups -OCH3 is 1. The van der Waals surface area contributed by atoms with E-state index in [0.717, 1.165) is 5.69 Å². The van der Waals surface area contributed by atoms with Crippen molar-refractivity contribution in [1.29, 1.82) is 0 Å². The predicted octanol–water partition coefficient (Wildman–Crippen LogP) is 3.32. The fourth-order valence-corrected chi connectivity index (χ4v) is 3.02. The second-order valence-electron chi connectivity index (χ2n) is 5.55. The van der Waals surface area contributed by atoms with Crippen LogP contribution in [-0.2, 0) is 6.54 Å². The molecule has 0 spiro atoms. The monoisotopic (exact) mass is 336 g/mol. The van der Waals surface area contributed by atoms with Crippen LogP contribution in [0.2, 0.25) is 0 Å². The number of fused-ring (bicyclic) bond motifs is 1. The Morgan fingerprint density at radius 3 is 2.75 bits per heavy atom. The Kier molecular flexibility index (Phi) is 4.42. The van der Waals surface area contributed by atoms with E-state index in [1.807, 2.05) is 25.3 Å². The maximum Gasteiger partial charge on any atom is 0.387 e. The number of carbonyl (C=O) groups excluding carboxylic acids is 1. The molecular weight excluding hydrogens is 318 g/mol. The highest BCUT2D eigenvalue weighted by atomic mass is 19.3. The lowest BCUT2D eigenvalue weighted by Gasteiger charge is -2.35. The van der Waals surface area contributed by atoms with Gasteiger partial charge in [-0.25, -0.2) is 0 Å². The molecule has 128 valence electrons. The Balaban J connectivity index is 1.87. The molecule has 2 aromatic rings. The molecule has 0 aliphatic carbocycles. The number of ether oxygens (including phenoxy) is 2. The summed E-state index contributed by atoms with van der Waals surface area (Å²) < 4.78 is 36.6. The Labute approximate surface area is 138 Å². The minimum atomic E-state index is -2.98. The normalized spacial score (nSPS) is 16.9. The summed E-state index contributed by atoms with van der Waals surface area (Å²) in [5, 5.41) is 0. The second kappa shape index (κ2) is 6.51. The maximum absolute atomic E-state index is 12.8. The zero-order valence-electron chi connectivity index (χ0n) is 13.4. The SMILES string of the molecule is COc1ccc(C(=O)N2CCn3cccc3C2C)cc1OC(F)F. The molecule has 5 nitrogen and oxygen atoms in total. The van der Waals surface area contributed by atoms with Crippen LogP contribution < -0.4 is 9.47 Å². The standard InChI is InChI=1S/C17H18F2N2O3/c1-11-13-4-3-7-20(13)8-9-21(11)16(22)12-5-6-14(23-2)15(10-12)24-17(18)19/h3-7,10-11,17H,8-9H2,1-2H3. The first-order chi connectivity index (χ1) is 11.5. The van der Waals surface area contributed by atoms with Gasteiger partial charge in [0.25, 0.3) is 5.91 Å². The molecule has 0 fully saturated rings. The lowest BCUT2D eigenvalue weighted by atomic mass is 10.1. The van der Waals surface area contributed by atoms with Gasteiger partial charge in [0.05, 0.1) is 13.2 Å². The molecule has 0 saturated carbocycles. The molecular formula is C17H18F2N2O3. The first kappa shape index (κ1) is 16.3. The van der Waals surface area contributed by atoms with Gasteiger partial charge in [0.15, 0.2) is 11.5 Å². The van der Waals surface area contributed by atoms with Crippen molar-refractivity contribution in [2.75, 3.05) is 13.7 Å². The lowest BCUT2D eigenvalue weighted by Crippen LogP contribution is -2.40. The molecule has 24 heavy (non-hydrogen) atoms. The smallest absolute Gasteiger partial charge is 0.387 e. The van der Waals surface area contributed by atoms with E-state index in [-0.39, 0.29) is 23.4 Å². The highest BCUT2D eigenvalue weighted by Crippen LogP contribution is 2.32. The molecule has 1 atom stereocenters. The van der Waals surface area contributed by atoms with E-state index in [0.29, 0.717) is 18.7 Å². The Morgan fingerprint density at radius 1 is 1.25 bits per heavy atom. The van der Waals surface area contributed by atoms with Gasteiger partial charge in [0, 0.05) is 30.5 Å². The van der Waals surface area contributed by atoms with Crippen LogP contribution >= 0.6 is 0 Å². The molecule has 0 bridgehead atoms. The summed E-state index contributed by atoms with van der Waals surface area (Å²) in [7, 11) is 1.36. The van der Waals surface area contributed by atoms with Crippen LogP contribution in [0.1, 0.15) is 29.0 Å². The highest BCUT2D eigenvalue weighted by molar-refractivity contribution is 5.95. The van der Waals surface area contributed by atoms with Crippen molar-refractivity contribution >= 4 is 5.91 Å². The van der Waals surface area contributed by atoms with Gasteiger partial charge in [-0.2, -0.15) is 8.78 Å². The first-order valence-electron chi connectivity index (χ1n) is 7.60. The third-order valence-corrected chi connectivity index (χ3v) is 4.23. The van der Waals surface area contributed by atoms with Crippen molar-refractivity contribution in [2.45, 2.75) is 26.1 Å². The molecule has 1 aliphatic heterocycles. The fraction of sp³-hybridized carbons (Fsp3) is 0.353. The zero-order chi connectivity index (χ0) is 17.3. The van der Waals surface area contributed by atoms with E-state index in [2.05, 4.69) is 9.30 Å². The van der Waals surface area contributed by atoms with Crippen molar-refractivity contribution in [3.05, 3.63) is 47.8 Å². The highest BCUT2D eigenvalue weighted by Gasteiger charge is 2.28. The summed E-state index contributed by atoms with van der Waals surface area (Å²) in [4.78, 5) is 14.5. The summed E-state index contributed by atoms with van der Waals surface area (Å²) >= 11 is 0. The van der Waals surface area contributed by atoms with Crippen molar-refractivity contribution in [1.82, 2.24) is 9.47 Å². The van der Waals surface area contributed by atoms with E-state index in [4.69, 9.17) is 4.74 Å². The number of alkyl halides is 2. The number of nitrogens with zero attached hydrogens (tertiary/aromatic N) is 2. The Morgan fingerprint density at radius 2 is 2.04 bits per heavy atom. The van der Waals surface area contributed by atoms with Crippen LogP contribution in [-0.4, -0.2) is 35.6 Å². The van der Waals surface area contributed by atoms with Crippen LogP contribution in [0.3, 0.4) is 0 Å². The molecule has 0 radical (unpaired) electrons. The minimum Gasteiger partial charge on any atom is -0.493 e. The van der Waals surface area contributed by atoms with Crippen molar-refractivity contribution in [3.8, 4) is 11.5 Å². The predicted molar refractivity (Wildman–Crippen MR) is 83.5 cm³/mol. The number of halogens is 2. The number of hydrogen-bond acceptors (Lipinski definition) is 3. The lowest BCUT2D eigenvalue weighted by molar-refractivity contribution is -0.0512. The average Bonchev–Trinajstić information content (AvgIpc) is 3.03. The molecule has 3 rings (SSSR count). The summed E-state index contributed by atoms with van der Waals surface area (Å²) in [5.41, 5.74) is 1.34. The summed E-state index contributed by atoms with van der Waals surface area (Å²) in [6.45, 7) is 0.220.